The Kier molecular flexibility index (Phi) is 7.19. The Hall–Kier alpha value is -2.34. The monoisotopic (exact) mass is 413 g/mol. The molecule has 1 amide bonds. The van der Waals surface area contributed by atoms with Gasteiger partial charge in [0.05, 0.1) is 25.3 Å². The first-order valence-electron chi connectivity index (χ1n) is 10.9. The van der Waals surface area contributed by atoms with E-state index in [0.717, 1.165) is 48.8 Å². The van der Waals surface area contributed by atoms with E-state index in [4.69, 9.17) is 9.26 Å². The topological polar surface area (TPSA) is 58.8 Å². The van der Waals surface area contributed by atoms with Crippen molar-refractivity contribution in [2.75, 3.05) is 37.7 Å². The summed E-state index contributed by atoms with van der Waals surface area (Å²) in [6, 6.07) is 8.28. The lowest BCUT2D eigenvalue weighted by Crippen LogP contribution is -2.38. The molecule has 3 rings (SSSR count). The Morgan fingerprint density at radius 2 is 1.97 bits per heavy atom. The first-order chi connectivity index (χ1) is 14.3. The lowest BCUT2D eigenvalue weighted by Gasteiger charge is -2.29. The largest absolute Gasteiger partial charge is 0.378 e. The molecular formula is C24H35N3O3. The van der Waals surface area contributed by atoms with Crippen LogP contribution in [0.5, 0.6) is 0 Å². The van der Waals surface area contributed by atoms with Crippen LogP contribution in [-0.2, 0) is 16.1 Å². The molecule has 164 valence electrons. The van der Waals surface area contributed by atoms with Crippen LogP contribution >= 0.6 is 0 Å². The SMILES string of the molecule is CCCN(Cc1c(-c2cccc(C)c2)noc1N1CCOCC1)C(=O)CC(C)(C)C. The average Bonchev–Trinajstić information content (AvgIpc) is 3.10. The Morgan fingerprint density at radius 3 is 2.60 bits per heavy atom. The van der Waals surface area contributed by atoms with Gasteiger partial charge in [0, 0.05) is 31.6 Å². The standard InChI is InChI=1S/C24H35N3O3/c1-6-10-27(21(28)16-24(3,4)5)17-20-22(19-9-7-8-18(2)15-19)25-30-23(20)26-11-13-29-14-12-26/h7-9,15H,6,10-14,16-17H2,1-5H3. The summed E-state index contributed by atoms with van der Waals surface area (Å²) in [6.45, 7) is 14.6. The number of rotatable bonds is 7. The molecule has 0 atom stereocenters. The van der Waals surface area contributed by atoms with Gasteiger partial charge in [-0.25, -0.2) is 0 Å². The number of carbonyl (C=O) groups excluding carboxylic acids is 1. The smallest absolute Gasteiger partial charge is 0.233 e. The fourth-order valence-corrected chi connectivity index (χ4v) is 3.80. The number of hydrogen-bond donors (Lipinski definition) is 0. The number of amides is 1. The molecule has 1 aromatic heterocycles. The predicted molar refractivity (Wildman–Crippen MR) is 119 cm³/mol. The summed E-state index contributed by atoms with van der Waals surface area (Å²) in [5, 5.41) is 4.45. The van der Waals surface area contributed by atoms with Gasteiger partial charge in [-0.3, -0.25) is 4.79 Å². The summed E-state index contributed by atoms with van der Waals surface area (Å²) >= 11 is 0. The van der Waals surface area contributed by atoms with Crippen molar-refractivity contribution in [3.05, 3.63) is 35.4 Å². The second kappa shape index (κ2) is 9.65. The van der Waals surface area contributed by atoms with Gasteiger partial charge in [0.1, 0.15) is 5.69 Å². The second-order valence-electron chi connectivity index (χ2n) is 9.34. The molecular weight excluding hydrogens is 378 g/mol. The van der Waals surface area contributed by atoms with E-state index in [9.17, 15) is 4.79 Å². The molecule has 1 aliphatic heterocycles. The number of morpholine rings is 1. The average molecular weight is 414 g/mol. The summed E-state index contributed by atoms with van der Waals surface area (Å²) in [7, 11) is 0. The van der Waals surface area contributed by atoms with Crippen molar-refractivity contribution >= 4 is 11.8 Å². The highest BCUT2D eigenvalue weighted by Gasteiger charge is 2.28. The zero-order chi connectivity index (χ0) is 21.7. The van der Waals surface area contributed by atoms with Crippen LogP contribution in [0.1, 0.15) is 51.7 Å². The second-order valence-corrected chi connectivity index (χ2v) is 9.34. The summed E-state index contributed by atoms with van der Waals surface area (Å²) in [6.07, 6.45) is 1.43. The summed E-state index contributed by atoms with van der Waals surface area (Å²) in [4.78, 5) is 17.2. The minimum Gasteiger partial charge on any atom is -0.378 e. The number of aryl methyl sites for hydroxylation is 1. The third kappa shape index (κ3) is 5.63. The third-order valence-electron chi connectivity index (χ3n) is 5.23. The van der Waals surface area contributed by atoms with E-state index in [2.05, 4.69) is 62.9 Å². The molecule has 0 radical (unpaired) electrons. The molecule has 1 aromatic carbocycles. The first-order valence-corrected chi connectivity index (χ1v) is 10.9. The van der Waals surface area contributed by atoms with Crippen molar-refractivity contribution in [3.8, 4) is 11.3 Å². The van der Waals surface area contributed by atoms with Gasteiger partial charge in [0.15, 0.2) is 0 Å². The van der Waals surface area contributed by atoms with Gasteiger partial charge < -0.3 is 19.1 Å². The number of anilines is 1. The first kappa shape index (κ1) is 22.3. The maximum absolute atomic E-state index is 13.1. The summed E-state index contributed by atoms with van der Waals surface area (Å²) in [5.41, 5.74) is 3.95. The minimum atomic E-state index is -0.0515. The maximum Gasteiger partial charge on any atom is 0.233 e. The van der Waals surface area contributed by atoms with Crippen LogP contribution in [0.25, 0.3) is 11.3 Å². The van der Waals surface area contributed by atoms with Gasteiger partial charge in [-0.1, -0.05) is 56.6 Å². The fourth-order valence-electron chi connectivity index (χ4n) is 3.80. The van der Waals surface area contributed by atoms with Gasteiger partial charge in [-0.2, -0.15) is 0 Å². The number of ether oxygens (including phenoxy) is 1. The van der Waals surface area contributed by atoms with Crippen molar-refractivity contribution in [1.29, 1.82) is 0 Å². The van der Waals surface area contributed by atoms with Crippen LogP contribution in [0.15, 0.2) is 28.8 Å². The Balaban J connectivity index is 1.98. The zero-order valence-corrected chi connectivity index (χ0v) is 19.0. The summed E-state index contributed by atoms with van der Waals surface area (Å²) in [5.74, 6) is 0.938. The number of hydrogen-bond acceptors (Lipinski definition) is 5. The molecule has 0 N–H and O–H groups in total. The predicted octanol–water partition coefficient (Wildman–Crippen LogP) is 4.66. The maximum atomic E-state index is 13.1. The van der Waals surface area contributed by atoms with Crippen molar-refractivity contribution in [2.24, 2.45) is 5.41 Å². The van der Waals surface area contributed by atoms with Gasteiger partial charge in [-0.05, 0) is 24.8 Å². The van der Waals surface area contributed by atoms with Crippen molar-refractivity contribution in [1.82, 2.24) is 10.1 Å². The molecule has 30 heavy (non-hydrogen) atoms. The molecule has 0 bridgehead atoms. The van der Waals surface area contributed by atoms with Crippen molar-refractivity contribution in [3.63, 3.8) is 0 Å². The number of nitrogens with zero attached hydrogens (tertiary/aromatic N) is 3. The van der Waals surface area contributed by atoms with E-state index in [1.165, 1.54) is 5.56 Å². The Bertz CT molecular complexity index is 848. The summed E-state index contributed by atoms with van der Waals surface area (Å²) < 4.78 is 11.4. The molecule has 1 saturated heterocycles. The fraction of sp³-hybridized carbons (Fsp3) is 0.583. The quantitative estimate of drug-likeness (QED) is 0.661. The van der Waals surface area contributed by atoms with Gasteiger partial charge >= 0.3 is 0 Å². The number of aromatic nitrogens is 1. The molecule has 0 unspecified atom stereocenters. The molecule has 6 heteroatoms. The van der Waals surface area contributed by atoms with E-state index in [0.29, 0.717) is 26.2 Å². The normalized spacial score (nSPS) is 14.8. The van der Waals surface area contributed by atoms with Crippen LogP contribution in [0.3, 0.4) is 0 Å². The zero-order valence-electron chi connectivity index (χ0n) is 19.0. The lowest BCUT2D eigenvalue weighted by molar-refractivity contribution is -0.133. The highest BCUT2D eigenvalue weighted by atomic mass is 16.5. The van der Waals surface area contributed by atoms with Gasteiger partial charge in [-0.15, -0.1) is 0 Å². The van der Waals surface area contributed by atoms with E-state index >= 15 is 0 Å². The molecule has 2 heterocycles. The van der Waals surface area contributed by atoms with Crippen LogP contribution in [0.2, 0.25) is 0 Å². The van der Waals surface area contributed by atoms with Crippen LogP contribution in [0, 0.1) is 12.3 Å². The molecule has 0 saturated carbocycles. The molecule has 1 fully saturated rings. The van der Waals surface area contributed by atoms with Crippen LogP contribution in [-0.4, -0.2) is 48.8 Å². The number of carbonyl (C=O) groups is 1. The highest BCUT2D eigenvalue weighted by molar-refractivity contribution is 5.78. The Morgan fingerprint density at radius 1 is 1.23 bits per heavy atom. The third-order valence-corrected chi connectivity index (χ3v) is 5.23. The lowest BCUT2D eigenvalue weighted by atomic mass is 9.91. The van der Waals surface area contributed by atoms with E-state index in [-0.39, 0.29) is 11.3 Å². The van der Waals surface area contributed by atoms with Gasteiger partial charge in [0.2, 0.25) is 11.8 Å². The molecule has 1 aliphatic rings. The van der Waals surface area contributed by atoms with Crippen molar-refractivity contribution < 1.29 is 14.1 Å². The van der Waals surface area contributed by atoms with Crippen molar-refractivity contribution in [2.45, 2.75) is 54.0 Å². The number of benzene rings is 1. The van der Waals surface area contributed by atoms with E-state index in [1.54, 1.807) is 0 Å². The molecule has 2 aromatic rings. The van der Waals surface area contributed by atoms with Crippen LogP contribution < -0.4 is 4.90 Å². The van der Waals surface area contributed by atoms with Crippen LogP contribution in [0.4, 0.5) is 5.88 Å². The molecule has 0 spiro atoms. The van der Waals surface area contributed by atoms with E-state index < -0.39 is 0 Å². The minimum absolute atomic E-state index is 0.0515. The van der Waals surface area contributed by atoms with E-state index in [1.807, 2.05) is 11.0 Å². The Labute approximate surface area is 180 Å². The van der Waals surface area contributed by atoms with Gasteiger partial charge in [0.25, 0.3) is 0 Å². The molecule has 6 nitrogen and oxygen atoms in total. The molecule has 0 aliphatic carbocycles. The highest BCUT2D eigenvalue weighted by Crippen LogP contribution is 2.34.